The molecule has 3 heterocycles. The molecule has 0 unspecified atom stereocenters. The molecule has 3 aliphatic heterocycles. The van der Waals surface area contributed by atoms with Gasteiger partial charge in [-0.15, -0.1) is 0 Å². The van der Waals surface area contributed by atoms with Gasteiger partial charge in [0.1, 0.15) is 23.5 Å². The first-order chi connectivity index (χ1) is 15.4. The van der Waals surface area contributed by atoms with Gasteiger partial charge in [0, 0.05) is 43.7 Å². The zero-order valence-electron chi connectivity index (χ0n) is 17.5. The van der Waals surface area contributed by atoms with E-state index in [0.29, 0.717) is 23.0 Å². The number of aliphatic hydroxyl groups is 1. The molecule has 3 aliphatic rings. The van der Waals surface area contributed by atoms with Crippen molar-refractivity contribution < 1.29 is 19.0 Å². The van der Waals surface area contributed by atoms with Crippen LogP contribution >= 0.6 is 11.6 Å². The summed E-state index contributed by atoms with van der Waals surface area (Å²) in [5.41, 5.74) is 1.16. The van der Waals surface area contributed by atoms with Crippen molar-refractivity contribution in [2.24, 2.45) is 4.99 Å². The molecule has 0 bridgehead atoms. The molecule has 0 aliphatic carbocycles. The molecule has 0 radical (unpaired) electrons. The monoisotopic (exact) mass is 461 g/mol. The molecule has 1 aromatic rings. The van der Waals surface area contributed by atoms with Crippen LogP contribution in [0.3, 0.4) is 0 Å². The summed E-state index contributed by atoms with van der Waals surface area (Å²) >= 11 is 5.87. The van der Waals surface area contributed by atoms with Crippen LogP contribution in [0.15, 0.2) is 45.8 Å². The zero-order valence-corrected chi connectivity index (χ0v) is 18.2. The van der Waals surface area contributed by atoms with Gasteiger partial charge >= 0.3 is 0 Å². The number of carbonyl (C=O) groups excluding carboxylic acids is 1. The molecule has 170 valence electrons. The number of carbonyl (C=O) groups is 1. The van der Waals surface area contributed by atoms with Crippen LogP contribution in [0.2, 0.25) is 0 Å². The van der Waals surface area contributed by atoms with Crippen molar-refractivity contribution >= 4 is 29.4 Å². The lowest BCUT2D eigenvalue weighted by Crippen LogP contribution is -2.39. The van der Waals surface area contributed by atoms with Gasteiger partial charge in [-0.3, -0.25) is 4.79 Å². The number of amides is 1. The van der Waals surface area contributed by atoms with E-state index in [4.69, 9.17) is 26.9 Å². The largest absolute Gasteiger partial charge is 0.489 e. The second-order valence-corrected chi connectivity index (χ2v) is 8.36. The Morgan fingerprint density at radius 2 is 2.12 bits per heavy atom. The number of β-amino-alcohol motifs (C(OH)–C–C–N with tert-alkyl or cyclic N) is 1. The summed E-state index contributed by atoms with van der Waals surface area (Å²) < 4.78 is 20.0. The molecular weight excluding hydrogens is 437 g/mol. The van der Waals surface area contributed by atoms with Crippen LogP contribution in [0.5, 0.6) is 5.75 Å². The first-order valence-corrected chi connectivity index (χ1v) is 10.9. The number of hydrogen-bond donors (Lipinski definition) is 3. The summed E-state index contributed by atoms with van der Waals surface area (Å²) in [4.78, 5) is 21.1. The second kappa shape index (κ2) is 9.81. The Bertz CT molecular complexity index is 1000. The molecule has 8 nitrogen and oxygen atoms in total. The maximum Gasteiger partial charge on any atom is 0.258 e. The third-order valence-corrected chi connectivity index (χ3v) is 5.92. The number of benzene rings is 1. The number of likely N-dealkylation sites (tertiary alicyclic amines) is 2. The number of ether oxygens (including phenoxy) is 1. The van der Waals surface area contributed by atoms with Crippen molar-refractivity contribution in [2.75, 3.05) is 39.3 Å². The first kappa shape index (κ1) is 22.4. The number of aliphatic imine (C=N–C) groups is 1. The second-order valence-electron chi connectivity index (χ2n) is 7.92. The summed E-state index contributed by atoms with van der Waals surface area (Å²) in [5.74, 6) is -0.103. The summed E-state index contributed by atoms with van der Waals surface area (Å²) in [7, 11) is 0. The smallest absolute Gasteiger partial charge is 0.258 e. The number of halogens is 2. The lowest BCUT2D eigenvalue weighted by atomic mass is 10.1. The van der Waals surface area contributed by atoms with Gasteiger partial charge in [-0.05, 0) is 25.0 Å². The van der Waals surface area contributed by atoms with Gasteiger partial charge in [-0.1, -0.05) is 11.6 Å². The zero-order chi connectivity index (χ0) is 22.7. The number of allylic oxidation sites excluding steroid dienone is 1. The predicted octanol–water partition coefficient (Wildman–Crippen LogP) is 2.10. The predicted molar refractivity (Wildman–Crippen MR) is 120 cm³/mol. The molecule has 2 fully saturated rings. The molecule has 1 aromatic carbocycles. The van der Waals surface area contributed by atoms with Crippen LogP contribution < -0.4 is 10.1 Å². The van der Waals surface area contributed by atoms with Gasteiger partial charge in [0.15, 0.2) is 0 Å². The van der Waals surface area contributed by atoms with Gasteiger partial charge in [-0.2, -0.15) is 0 Å². The molecule has 1 amide bonds. The van der Waals surface area contributed by atoms with Gasteiger partial charge in [0.25, 0.3) is 5.91 Å². The molecule has 3 N–H and O–H groups in total. The Balaban J connectivity index is 1.48. The van der Waals surface area contributed by atoms with Gasteiger partial charge in [-0.25, -0.2) is 9.38 Å². The van der Waals surface area contributed by atoms with Crippen LogP contribution in [0.4, 0.5) is 4.39 Å². The molecule has 0 aromatic heterocycles. The lowest BCUT2D eigenvalue weighted by Gasteiger charge is -2.32. The van der Waals surface area contributed by atoms with E-state index in [9.17, 15) is 9.18 Å². The van der Waals surface area contributed by atoms with Crippen LogP contribution in [0.1, 0.15) is 23.2 Å². The average molecular weight is 462 g/mol. The van der Waals surface area contributed by atoms with E-state index in [1.165, 1.54) is 29.3 Å². The number of aliphatic hydroxyl groups excluding tert-OH is 1. The SMILES string of the molecule is N=C1CN(C(=O)c2ccc(F)cc2OC2CCN(CCO)CC2)C/C1=C1\N=CC(Cl)=CN1. The van der Waals surface area contributed by atoms with E-state index in [0.717, 1.165) is 25.9 Å². The van der Waals surface area contributed by atoms with Gasteiger partial charge < -0.3 is 30.4 Å². The fourth-order valence-corrected chi connectivity index (χ4v) is 4.11. The summed E-state index contributed by atoms with van der Waals surface area (Å²) in [6.07, 6.45) is 4.39. The number of nitrogens with one attached hydrogen (secondary N) is 2. The maximum absolute atomic E-state index is 14.0. The normalized spacial score (nSPS) is 22.2. The van der Waals surface area contributed by atoms with Crippen molar-refractivity contribution in [3.63, 3.8) is 0 Å². The average Bonchev–Trinajstić information content (AvgIpc) is 3.17. The van der Waals surface area contributed by atoms with Crippen LogP contribution in [-0.4, -0.2) is 78.2 Å². The van der Waals surface area contributed by atoms with E-state index in [1.54, 1.807) is 6.20 Å². The summed E-state index contributed by atoms with van der Waals surface area (Å²) in [5, 5.41) is 20.8. The number of piperidine rings is 1. The first-order valence-electron chi connectivity index (χ1n) is 10.5. The molecular formula is C22H25ClFN5O3. The van der Waals surface area contributed by atoms with Crippen LogP contribution in [0.25, 0.3) is 0 Å². The van der Waals surface area contributed by atoms with Crippen LogP contribution in [-0.2, 0) is 0 Å². The van der Waals surface area contributed by atoms with Crippen molar-refractivity contribution in [3.8, 4) is 5.75 Å². The third kappa shape index (κ3) is 5.01. The molecule has 0 spiro atoms. The highest BCUT2D eigenvalue weighted by Crippen LogP contribution is 2.28. The fourth-order valence-electron chi connectivity index (χ4n) is 4.01. The van der Waals surface area contributed by atoms with Crippen LogP contribution in [0, 0.1) is 11.2 Å². The minimum Gasteiger partial charge on any atom is -0.489 e. The highest BCUT2D eigenvalue weighted by atomic mass is 35.5. The molecule has 10 heteroatoms. The Morgan fingerprint density at radius 3 is 2.81 bits per heavy atom. The highest BCUT2D eigenvalue weighted by Gasteiger charge is 2.32. The highest BCUT2D eigenvalue weighted by molar-refractivity contribution is 6.39. The van der Waals surface area contributed by atoms with E-state index in [1.807, 2.05) is 0 Å². The Labute approximate surface area is 190 Å². The molecule has 32 heavy (non-hydrogen) atoms. The number of rotatable bonds is 5. The summed E-state index contributed by atoms with van der Waals surface area (Å²) in [6, 6.07) is 3.92. The van der Waals surface area contributed by atoms with E-state index < -0.39 is 5.82 Å². The lowest BCUT2D eigenvalue weighted by molar-refractivity contribution is 0.0763. The van der Waals surface area contributed by atoms with Gasteiger partial charge in [0.05, 0.1) is 36.0 Å². The van der Waals surface area contributed by atoms with Crippen molar-refractivity contribution in [1.82, 2.24) is 15.1 Å². The standard InChI is InChI=1S/C22H25ClFN5O3/c23-14-10-26-21(27-11-14)18-12-29(13-19(18)25)22(31)17-2-1-15(24)9-20(17)32-16-3-5-28(6-4-16)7-8-30/h1-2,9-11,16,25-26,30H,3-8,12-13H2/b21-18+,25-19?. The Kier molecular flexibility index (Phi) is 6.88. The third-order valence-electron chi connectivity index (χ3n) is 5.72. The van der Waals surface area contributed by atoms with E-state index >= 15 is 0 Å². The molecule has 0 atom stereocenters. The van der Waals surface area contributed by atoms with Crippen molar-refractivity contribution in [3.05, 3.63) is 52.2 Å². The molecule has 4 rings (SSSR count). The number of nitrogens with zero attached hydrogens (tertiary/aromatic N) is 3. The van der Waals surface area contributed by atoms with Gasteiger partial charge in [0.2, 0.25) is 0 Å². The minimum absolute atomic E-state index is 0.112. The number of hydrogen-bond acceptors (Lipinski definition) is 7. The maximum atomic E-state index is 14.0. The Hall–Kier alpha value is -2.75. The van der Waals surface area contributed by atoms with Crippen molar-refractivity contribution in [2.45, 2.75) is 18.9 Å². The quantitative estimate of drug-likeness (QED) is 0.623. The molecule has 0 saturated carbocycles. The topological polar surface area (TPSA) is 101 Å². The van der Waals surface area contributed by atoms with E-state index in [2.05, 4.69) is 15.2 Å². The molecule has 2 saturated heterocycles. The summed E-state index contributed by atoms with van der Waals surface area (Å²) in [6.45, 7) is 2.62. The Morgan fingerprint density at radius 1 is 1.34 bits per heavy atom. The minimum atomic E-state index is -0.476. The van der Waals surface area contributed by atoms with Crippen molar-refractivity contribution in [1.29, 1.82) is 5.41 Å². The van der Waals surface area contributed by atoms with E-state index in [-0.39, 0.29) is 48.7 Å². The fraction of sp³-hybridized carbons (Fsp3) is 0.409.